The first kappa shape index (κ1) is 12.8. The highest BCUT2D eigenvalue weighted by atomic mass is 16.4. The van der Waals surface area contributed by atoms with E-state index in [-0.39, 0.29) is 11.3 Å². The van der Waals surface area contributed by atoms with E-state index in [9.17, 15) is 10.1 Å². The topological polar surface area (TPSA) is 64.3 Å². The standard InChI is InChI=1S/C12H20N2O2/c1-11(2,3)9-5-6-12(9,7-13)8-14(4)10(15)16/h9H,5-6,8H2,1-4H3,(H,15,16). The summed E-state index contributed by atoms with van der Waals surface area (Å²) < 4.78 is 0. The summed E-state index contributed by atoms with van der Waals surface area (Å²) in [7, 11) is 1.53. The van der Waals surface area contributed by atoms with E-state index in [0.717, 1.165) is 12.8 Å². The van der Waals surface area contributed by atoms with Crippen LogP contribution in [0.4, 0.5) is 4.79 Å². The normalized spacial score (nSPS) is 29.1. The Morgan fingerprint density at radius 1 is 1.62 bits per heavy atom. The molecule has 0 aromatic heterocycles. The molecule has 1 fully saturated rings. The van der Waals surface area contributed by atoms with Gasteiger partial charge in [0.1, 0.15) is 0 Å². The molecule has 2 atom stereocenters. The van der Waals surface area contributed by atoms with Gasteiger partial charge in [-0.05, 0) is 24.2 Å². The molecule has 1 rings (SSSR count). The van der Waals surface area contributed by atoms with Gasteiger partial charge in [-0.1, -0.05) is 20.8 Å². The van der Waals surface area contributed by atoms with E-state index in [1.807, 2.05) is 0 Å². The number of hydrogen-bond acceptors (Lipinski definition) is 2. The predicted octanol–water partition coefficient (Wildman–Crippen LogP) is 2.56. The highest BCUT2D eigenvalue weighted by Crippen LogP contribution is 2.54. The second-order valence-corrected chi connectivity index (χ2v) is 5.86. The number of amides is 1. The highest BCUT2D eigenvalue weighted by molar-refractivity contribution is 5.64. The quantitative estimate of drug-likeness (QED) is 0.784. The Balaban J connectivity index is 2.81. The Kier molecular flexibility index (Phi) is 3.18. The molecule has 0 bridgehead atoms. The van der Waals surface area contributed by atoms with E-state index in [2.05, 4.69) is 26.8 Å². The smallest absolute Gasteiger partial charge is 0.407 e. The second kappa shape index (κ2) is 3.97. The minimum Gasteiger partial charge on any atom is -0.465 e. The van der Waals surface area contributed by atoms with Crippen molar-refractivity contribution in [2.24, 2.45) is 16.7 Å². The van der Waals surface area contributed by atoms with Gasteiger partial charge in [0.15, 0.2) is 0 Å². The molecular weight excluding hydrogens is 204 g/mol. The Morgan fingerprint density at radius 3 is 2.44 bits per heavy atom. The third-order valence-electron chi connectivity index (χ3n) is 3.66. The number of carbonyl (C=O) groups is 1. The minimum absolute atomic E-state index is 0.0628. The van der Waals surface area contributed by atoms with Gasteiger partial charge in [-0.25, -0.2) is 4.79 Å². The van der Waals surface area contributed by atoms with Gasteiger partial charge in [-0.3, -0.25) is 0 Å². The molecule has 0 aliphatic heterocycles. The lowest BCUT2D eigenvalue weighted by Crippen LogP contribution is -2.52. The van der Waals surface area contributed by atoms with Gasteiger partial charge in [-0.2, -0.15) is 5.26 Å². The van der Waals surface area contributed by atoms with E-state index in [1.165, 1.54) is 11.9 Å². The zero-order valence-corrected chi connectivity index (χ0v) is 10.4. The maximum Gasteiger partial charge on any atom is 0.407 e. The SMILES string of the molecule is CN(CC1(C#N)CCC1C(C)(C)C)C(=O)O. The molecule has 16 heavy (non-hydrogen) atoms. The van der Waals surface area contributed by atoms with Crippen molar-refractivity contribution in [2.75, 3.05) is 13.6 Å². The van der Waals surface area contributed by atoms with Crippen molar-refractivity contribution in [3.63, 3.8) is 0 Å². The van der Waals surface area contributed by atoms with Crippen LogP contribution in [0.15, 0.2) is 0 Å². The largest absolute Gasteiger partial charge is 0.465 e. The fraction of sp³-hybridized carbons (Fsp3) is 0.833. The lowest BCUT2D eigenvalue weighted by Gasteiger charge is -2.52. The van der Waals surface area contributed by atoms with Gasteiger partial charge in [0.2, 0.25) is 0 Å². The zero-order chi connectivity index (χ0) is 12.6. The molecule has 0 aromatic rings. The first-order valence-corrected chi connectivity index (χ1v) is 5.58. The molecule has 0 aromatic carbocycles. The number of hydrogen-bond donors (Lipinski definition) is 1. The van der Waals surface area contributed by atoms with Gasteiger partial charge < -0.3 is 10.0 Å². The monoisotopic (exact) mass is 224 g/mol. The summed E-state index contributed by atoms with van der Waals surface area (Å²) in [5, 5.41) is 18.2. The fourth-order valence-corrected chi connectivity index (χ4v) is 2.75. The fourth-order valence-electron chi connectivity index (χ4n) is 2.75. The van der Waals surface area contributed by atoms with Crippen LogP contribution in [0.1, 0.15) is 33.6 Å². The zero-order valence-electron chi connectivity index (χ0n) is 10.4. The highest BCUT2D eigenvalue weighted by Gasteiger charge is 2.53. The van der Waals surface area contributed by atoms with Crippen LogP contribution in [0.3, 0.4) is 0 Å². The molecule has 0 saturated heterocycles. The summed E-state index contributed by atoms with van der Waals surface area (Å²) >= 11 is 0. The van der Waals surface area contributed by atoms with Crippen molar-refractivity contribution < 1.29 is 9.90 Å². The first-order chi connectivity index (χ1) is 7.23. The maximum atomic E-state index is 10.8. The third kappa shape index (κ3) is 2.13. The van der Waals surface area contributed by atoms with E-state index in [0.29, 0.717) is 6.54 Å². The molecule has 0 heterocycles. The lowest BCUT2D eigenvalue weighted by molar-refractivity contribution is -0.0186. The van der Waals surface area contributed by atoms with Gasteiger partial charge in [-0.15, -0.1) is 0 Å². The number of carboxylic acid groups (broad SMARTS) is 1. The van der Waals surface area contributed by atoms with Gasteiger partial charge in [0.25, 0.3) is 0 Å². The second-order valence-electron chi connectivity index (χ2n) is 5.86. The van der Waals surface area contributed by atoms with E-state index < -0.39 is 11.5 Å². The number of nitriles is 1. The summed E-state index contributed by atoms with van der Waals surface area (Å²) in [4.78, 5) is 12.0. The molecule has 0 spiro atoms. The number of nitrogens with zero attached hydrogens (tertiary/aromatic N) is 2. The molecule has 1 saturated carbocycles. The van der Waals surface area contributed by atoms with E-state index >= 15 is 0 Å². The third-order valence-corrected chi connectivity index (χ3v) is 3.66. The van der Waals surface area contributed by atoms with Crippen LogP contribution in [0, 0.1) is 28.1 Å². The summed E-state index contributed by atoms with van der Waals surface area (Å²) in [6.07, 6.45) is 0.863. The predicted molar refractivity (Wildman–Crippen MR) is 60.9 cm³/mol. The van der Waals surface area contributed by atoms with Gasteiger partial charge in [0.05, 0.1) is 11.5 Å². The van der Waals surface area contributed by atoms with Crippen molar-refractivity contribution in [1.29, 1.82) is 5.26 Å². The van der Waals surface area contributed by atoms with E-state index in [1.54, 1.807) is 0 Å². The first-order valence-electron chi connectivity index (χ1n) is 5.58. The molecule has 1 aliphatic carbocycles. The Labute approximate surface area is 96.9 Å². The molecule has 0 radical (unpaired) electrons. The van der Waals surface area contributed by atoms with Crippen LogP contribution in [-0.2, 0) is 0 Å². The molecule has 4 nitrogen and oxygen atoms in total. The molecule has 2 unspecified atom stereocenters. The van der Waals surface area contributed by atoms with Crippen LogP contribution in [0.25, 0.3) is 0 Å². The van der Waals surface area contributed by atoms with E-state index in [4.69, 9.17) is 5.11 Å². The minimum atomic E-state index is -0.964. The van der Waals surface area contributed by atoms with Crippen LogP contribution >= 0.6 is 0 Å². The Morgan fingerprint density at radius 2 is 2.19 bits per heavy atom. The lowest BCUT2D eigenvalue weighted by atomic mass is 9.52. The number of rotatable bonds is 2. The molecular formula is C12H20N2O2. The van der Waals surface area contributed by atoms with Crippen LogP contribution in [0.5, 0.6) is 0 Å². The van der Waals surface area contributed by atoms with Crippen molar-refractivity contribution in [2.45, 2.75) is 33.6 Å². The van der Waals surface area contributed by atoms with Crippen molar-refractivity contribution in [1.82, 2.24) is 4.90 Å². The average Bonchev–Trinajstić information content (AvgIpc) is 2.08. The van der Waals surface area contributed by atoms with Crippen molar-refractivity contribution in [3.8, 4) is 6.07 Å². The summed E-state index contributed by atoms with van der Waals surface area (Å²) in [5.74, 6) is 0.284. The van der Waals surface area contributed by atoms with Crippen LogP contribution in [-0.4, -0.2) is 29.7 Å². The van der Waals surface area contributed by atoms with Crippen molar-refractivity contribution in [3.05, 3.63) is 0 Å². The van der Waals surface area contributed by atoms with Crippen LogP contribution in [0.2, 0.25) is 0 Å². The Bertz CT molecular complexity index is 327. The Hall–Kier alpha value is -1.24. The summed E-state index contributed by atoms with van der Waals surface area (Å²) in [6.45, 7) is 6.66. The van der Waals surface area contributed by atoms with Crippen molar-refractivity contribution >= 4 is 6.09 Å². The molecule has 1 aliphatic rings. The summed E-state index contributed by atoms with van der Waals surface area (Å²) in [5.41, 5.74) is -0.418. The molecule has 1 amide bonds. The maximum absolute atomic E-state index is 10.8. The molecule has 90 valence electrons. The average molecular weight is 224 g/mol. The summed E-state index contributed by atoms with van der Waals surface area (Å²) in [6, 6.07) is 2.35. The van der Waals surface area contributed by atoms with Gasteiger partial charge >= 0.3 is 6.09 Å². The molecule has 1 N–H and O–H groups in total. The van der Waals surface area contributed by atoms with Crippen LogP contribution < -0.4 is 0 Å². The van der Waals surface area contributed by atoms with Gasteiger partial charge in [0, 0.05) is 13.6 Å². The molecule has 4 heteroatoms.